The molecule has 1 fully saturated rings. The molecule has 4 rings (SSSR count). The number of carbonyl (C=O) groups excluding carboxylic acids is 2. The van der Waals surface area contributed by atoms with Gasteiger partial charge in [-0.3, -0.25) is 28.4 Å². The van der Waals surface area contributed by atoms with Gasteiger partial charge >= 0.3 is 5.69 Å². The van der Waals surface area contributed by atoms with Crippen molar-refractivity contribution in [1.82, 2.24) is 19.4 Å². The molecule has 34 heavy (non-hydrogen) atoms. The van der Waals surface area contributed by atoms with E-state index in [1.165, 1.54) is 14.1 Å². The number of rotatable bonds is 9. The van der Waals surface area contributed by atoms with E-state index < -0.39 is 17.0 Å². The Kier molecular flexibility index (Phi) is 6.51. The highest BCUT2D eigenvalue weighted by Crippen LogP contribution is 2.20. The molecule has 0 spiro atoms. The summed E-state index contributed by atoms with van der Waals surface area (Å²) in [7, 11) is 2.72. The van der Waals surface area contributed by atoms with Crippen LogP contribution < -0.4 is 22.3 Å². The molecule has 1 aliphatic rings. The molecule has 1 saturated carbocycles. The number of amides is 1. The Balaban J connectivity index is 1.55. The number of nitrogens with two attached hydrogens (primary N) is 1. The number of furan rings is 1. The average molecular weight is 466 g/mol. The van der Waals surface area contributed by atoms with Gasteiger partial charge in [0.25, 0.3) is 11.5 Å². The third-order valence-electron chi connectivity index (χ3n) is 5.85. The summed E-state index contributed by atoms with van der Waals surface area (Å²) in [5.74, 6) is -0.116. The fourth-order valence-electron chi connectivity index (χ4n) is 3.71. The first-order valence-electron chi connectivity index (χ1n) is 11.0. The zero-order chi connectivity index (χ0) is 24.4. The smallest absolute Gasteiger partial charge is 0.332 e. The molecule has 2 heterocycles. The van der Waals surface area contributed by atoms with Crippen LogP contribution in [0.25, 0.3) is 0 Å². The second-order valence-electron chi connectivity index (χ2n) is 8.56. The summed E-state index contributed by atoms with van der Waals surface area (Å²) in [6.07, 6.45) is 3.58. The maximum Gasteiger partial charge on any atom is 0.332 e. The van der Waals surface area contributed by atoms with Gasteiger partial charge in [0, 0.05) is 32.2 Å². The Hall–Kier alpha value is -3.92. The highest BCUT2D eigenvalue weighted by atomic mass is 16.3. The van der Waals surface area contributed by atoms with E-state index in [0.29, 0.717) is 24.4 Å². The van der Waals surface area contributed by atoms with Gasteiger partial charge in [-0.1, -0.05) is 12.1 Å². The van der Waals surface area contributed by atoms with Crippen LogP contribution in [0.5, 0.6) is 0 Å². The number of hydrogen-bond donors (Lipinski definition) is 2. The molecule has 3 N–H and O–H groups in total. The number of anilines is 1. The first kappa shape index (κ1) is 23.2. The number of hydrogen-bond acceptors (Lipinski definition) is 7. The predicted octanol–water partition coefficient (Wildman–Crippen LogP) is 1.04. The zero-order valence-electron chi connectivity index (χ0n) is 19.1. The van der Waals surface area contributed by atoms with Crippen molar-refractivity contribution in [3.05, 3.63) is 86.0 Å². The molecule has 1 aromatic carbocycles. The molecule has 0 unspecified atom stereocenters. The van der Waals surface area contributed by atoms with Gasteiger partial charge in [0.1, 0.15) is 17.1 Å². The molecule has 10 nitrogen and oxygen atoms in total. The van der Waals surface area contributed by atoms with Crippen molar-refractivity contribution in [2.75, 3.05) is 12.3 Å². The largest absolute Gasteiger partial charge is 0.468 e. The zero-order valence-corrected chi connectivity index (χ0v) is 19.1. The van der Waals surface area contributed by atoms with Crippen LogP contribution in [0.3, 0.4) is 0 Å². The van der Waals surface area contributed by atoms with Crippen LogP contribution in [0.4, 0.5) is 5.82 Å². The Morgan fingerprint density at radius 2 is 1.79 bits per heavy atom. The lowest BCUT2D eigenvalue weighted by molar-refractivity contribution is 0.0911. The molecule has 0 bridgehead atoms. The van der Waals surface area contributed by atoms with E-state index in [1.54, 1.807) is 30.5 Å². The molecular formula is C24H27N5O5. The van der Waals surface area contributed by atoms with Gasteiger partial charge in [-0.15, -0.1) is 0 Å². The molecule has 0 aliphatic heterocycles. The summed E-state index contributed by atoms with van der Waals surface area (Å²) >= 11 is 0. The minimum absolute atomic E-state index is 0.0994. The molecule has 178 valence electrons. The lowest BCUT2D eigenvalue weighted by Crippen LogP contribution is -2.43. The van der Waals surface area contributed by atoms with Gasteiger partial charge in [-0.05, 0) is 42.7 Å². The maximum atomic E-state index is 13.1. The molecule has 0 atom stereocenters. The van der Waals surface area contributed by atoms with Crippen molar-refractivity contribution >= 4 is 17.5 Å². The number of carbonyl (C=O) groups is 2. The van der Waals surface area contributed by atoms with Crippen LogP contribution in [0.15, 0.2) is 56.7 Å². The van der Waals surface area contributed by atoms with Crippen molar-refractivity contribution in [2.45, 2.75) is 32.0 Å². The van der Waals surface area contributed by atoms with Gasteiger partial charge in [-0.2, -0.15) is 0 Å². The highest BCUT2D eigenvalue weighted by Gasteiger charge is 2.25. The van der Waals surface area contributed by atoms with Crippen molar-refractivity contribution in [1.29, 1.82) is 0 Å². The maximum absolute atomic E-state index is 13.1. The minimum Gasteiger partial charge on any atom is -0.468 e. The van der Waals surface area contributed by atoms with Gasteiger partial charge in [-0.25, -0.2) is 4.79 Å². The summed E-state index contributed by atoms with van der Waals surface area (Å²) in [5, 5.41) is 2.95. The highest BCUT2D eigenvalue weighted by molar-refractivity contribution is 6.01. The monoisotopic (exact) mass is 465 g/mol. The number of benzene rings is 1. The SMILES string of the molecule is Cn1c(N)c(C(=O)CN(Cc2ccc(C(=O)NC3CC3)cc2)Cc2ccco2)c(=O)n(C)c1=O. The summed E-state index contributed by atoms with van der Waals surface area (Å²) in [6.45, 7) is 0.555. The van der Waals surface area contributed by atoms with E-state index in [1.807, 2.05) is 17.0 Å². The second-order valence-corrected chi connectivity index (χ2v) is 8.56. The van der Waals surface area contributed by atoms with E-state index in [-0.39, 0.29) is 29.9 Å². The number of nitrogen functional groups attached to an aromatic ring is 1. The van der Waals surface area contributed by atoms with E-state index in [0.717, 1.165) is 27.5 Å². The van der Waals surface area contributed by atoms with Crippen LogP contribution in [-0.4, -0.2) is 38.3 Å². The third-order valence-corrected chi connectivity index (χ3v) is 5.85. The van der Waals surface area contributed by atoms with E-state index in [2.05, 4.69) is 5.32 Å². The van der Waals surface area contributed by atoms with E-state index in [9.17, 15) is 19.2 Å². The lowest BCUT2D eigenvalue weighted by atomic mass is 10.1. The number of ketones is 1. The molecule has 2 aromatic heterocycles. The third kappa shape index (κ3) is 5.01. The first-order chi connectivity index (χ1) is 16.2. The van der Waals surface area contributed by atoms with Crippen LogP contribution in [0.1, 0.15) is 44.9 Å². The van der Waals surface area contributed by atoms with Crippen molar-refractivity contribution in [2.24, 2.45) is 14.1 Å². The second kappa shape index (κ2) is 9.52. The topological polar surface area (TPSA) is 133 Å². The molecule has 1 aliphatic carbocycles. The Bertz CT molecular complexity index is 1320. The molecule has 1 amide bonds. The fraction of sp³-hybridized carbons (Fsp3) is 0.333. The molecule has 10 heteroatoms. The van der Waals surface area contributed by atoms with Crippen molar-refractivity contribution in [3.63, 3.8) is 0 Å². The molecule has 0 saturated heterocycles. The van der Waals surface area contributed by atoms with E-state index >= 15 is 0 Å². The van der Waals surface area contributed by atoms with Crippen LogP contribution in [0.2, 0.25) is 0 Å². The number of nitrogens with zero attached hydrogens (tertiary/aromatic N) is 3. The standard InChI is InChI=1S/C24H27N5O5/c1-27-21(25)20(23(32)28(2)24(27)33)19(30)14-29(13-18-4-3-11-34-18)12-15-5-7-16(8-6-15)22(31)26-17-9-10-17/h3-8,11,17H,9-10,12-14,25H2,1-2H3,(H,26,31). The summed E-state index contributed by atoms with van der Waals surface area (Å²) in [4.78, 5) is 51.9. The van der Waals surface area contributed by atoms with Crippen LogP contribution in [-0.2, 0) is 27.2 Å². The molecule has 3 aromatic rings. The molecular weight excluding hydrogens is 438 g/mol. The van der Waals surface area contributed by atoms with Crippen LogP contribution >= 0.6 is 0 Å². The normalized spacial score (nSPS) is 13.3. The number of nitrogens with one attached hydrogen (secondary N) is 1. The first-order valence-corrected chi connectivity index (χ1v) is 11.0. The summed E-state index contributed by atoms with van der Waals surface area (Å²) < 4.78 is 7.39. The summed E-state index contributed by atoms with van der Waals surface area (Å²) in [6, 6.07) is 11.0. The number of aromatic nitrogens is 2. The lowest BCUT2D eigenvalue weighted by Gasteiger charge is -2.21. The Labute approximate surface area is 195 Å². The van der Waals surface area contributed by atoms with Gasteiger partial charge in [0.05, 0.1) is 19.4 Å². The fourth-order valence-corrected chi connectivity index (χ4v) is 3.71. The van der Waals surface area contributed by atoms with Crippen molar-refractivity contribution < 1.29 is 14.0 Å². The Morgan fingerprint density at radius 1 is 1.09 bits per heavy atom. The van der Waals surface area contributed by atoms with Crippen molar-refractivity contribution in [3.8, 4) is 0 Å². The molecule has 0 radical (unpaired) electrons. The van der Waals surface area contributed by atoms with Crippen LogP contribution in [0, 0.1) is 0 Å². The number of Topliss-reactive ketones (excluding diaryl/α,β-unsaturated/α-hetero) is 1. The summed E-state index contributed by atoms with van der Waals surface area (Å²) in [5.41, 5.74) is 5.86. The van der Waals surface area contributed by atoms with Gasteiger partial charge < -0.3 is 15.5 Å². The Morgan fingerprint density at radius 3 is 2.41 bits per heavy atom. The van der Waals surface area contributed by atoms with Gasteiger partial charge in [0.2, 0.25) is 0 Å². The average Bonchev–Trinajstić information content (AvgIpc) is 3.48. The minimum atomic E-state index is -0.727. The van der Waals surface area contributed by atoms with E-state index in [4.69, 9.17) is 10.2 Å². The van der Waals surface area contributed by atoms with Gasteiger partial charge in [0.15, 0.2) is 5.78 Å². The quantitative estimate of drug-likeness (QED) is 0.451. The predicted molar refractivity (Wildman–Crippen MR) is 125 cm³/mol.